The SMILES string of the molecule is CCc1nnc(NC(=O)CSc2nc3cc4c(cc3cc2C)CCC4)s1. The van der Waals surface area contributed by atoms with Crippen molar-refractivity contribution in [3.63, 3.8) is 0 Å². The first-order valence-corrected chi connectivity index (χ1v) is 10.6. The van der Waals surface area contributed by atoms with Crippen LogP contribution in [-0.2, 0) is 24.1 Å². The van der Waals surface area contributed by atoms with Crippen molar-refractivity contribution in [1.29, 1.82) is 0 Å². The summed E-state index contributed by atoms with van der Waals surface area (Å²) in [7, 11) is 0. The van der Waals surface area contributed by atoms with Gasteiger partial charge in [0.25, 0.3) is 0 Å². The smallest absolute Gasteiger partial charge is 0.236 e. The Morgan fingerprint density at radius 1 is 1.23 bits per heavy atom. The van der Waals surface area contributed by atoms with Gasteiger partial charge in [0.2, 0.25) is 11.0 Å². The van der Waals surface area contributed by atoms with E-state index in [1.54, 1.807) is 0 Å². The van der Waals surface area contributed by atoms with Crippen LogP contribution < -0.4 is 5.32 Å². The molecule has 134 valence electrons. The molecule has 7 heteroatoms. The van der Waals surface area contributed by atoms with Gasteiger partial charge in [-0.25, -0.2) is 4.98 Å². The van der Waals surface area contributed by atoms with Gasteiger partial charge in [-0.05, 0) is 67.5 Å². The van der Waals surface area contributed by atoms with E-state index in [4.69, 9.17) is 4.98 Å². The molecular formula is C19H20N4OS2. The molecule has 0 fully saturated rings. The zero-order valence-corrected chi connectivity index (χ0v) is 16.5. The highest BCUT2D eigenvalue weighted by Crippen LogP contribution is 2.30. The number of hydrogen-bond acceptors (Lipinski definition) is 6. The highest BCUT2D eigenvalue weighted by Gasteiger charge is 2.14. The molecule has 4 rings (SSSR count). The second-order valence-electron chi connectivity index (χ2n) is 6.47. The molecule has 1 amide bonds. The van der Waals surface area contributed by atoms with Crippen LogP contribution in [0.15, 0.2) is 23.2 Å². The van der Waals surface area contributed by atoms with E-state index in [1.165, 1.54) is 52.5 Å². The summed E-state index contributed by atoms with van der Waals surface area (Å²) in [6, 6.07) is 6.67. The van der Waals surface area contributed by atoms with Gasteiger partial charge < -0.3 is 0 Å². The summed E-state index contributed by atoms with van der Waals surface area (Å²) in [5.74, 6) is 0.231. The third kappa shape index (κ3) is 3.59. The standard InChI is InChI=1S/C19H20N4OS2/c1-3-17-22-23-19(26-17)21-16(24)10-25-18-11(2)7-14-8-12-5-4-6-13(12)9-15(14)20-18/h7-9H,3-6,10H2,1-2H3,(H,21,23,24). The van der Waals surface area contributed by atoms with Crippen molar-refractivity contribution in [1.82, 2.24) is 15.2 Å². The minimum absolute atomic E-state index is 0.0796. The average molecular weight is 385 g/mol. The van der Waals surface area contributed by atoms with Crippen molar-refractivity contribution in [3.05, 3.63) is 39.9 Å². The molecule has 0 unspecified atom stereocenters. The molecule has 26 heavy (non-hydrogen) atoms. The highest BCUT2D eigenvalue weighted by atomic mass is 32.2. The Morgan fingerprint density at radius 3 is 2.81 bits per heavy atom. The maximum atomic E-state index is 12.2. The molecule has 5 nitrogen and oxygen atoms in total. The molecule has 3 aromatic rings. The van der Waals surface area contributed by atoms with Crippen LogP contribution >= 0.6 is 23.1 Å². The van der Waals surface area contributed by atoms with Gasteiger partial charge >= 0.3 is 0 Å². The molecule has 0 atom stereocenters. The molecule has 1 aliphatic rings. The van der Waals surface area contributed by atoms with E-state index < -0.39 is 0 Å². The lowest BCUT2D eigenvalue weighted by atomic mass is 10.1. The number of carbonyl (C=O) groups is 1. The van der Waals surface area contributed by atoms with Crippen LogP contribution in [0, 0.1) is 6.92 Å². The van der Waals surface area contributed by atoms with E-state index in [9.17, 15) is 4.79 Å². The van der Waals surface area contributed by atoms with Crippen molar-refractivity contribution in [2.24, 2.45) is 0 Å². The van der Waals surface area contributed by atoms with E-state index in [2.05, 4.69) is 40.6 Å². The van der Waals surface area contributed by atoms with Gasteiger partial charge in [-0.2, -0.15) is 0 Å². The number of nitrogens with zero attached hydrogens (tertiary/aromatic N) is 3. The molecule has 0 saturated heterocycles. The van der Waals surface area contributed by atoms with Crippen LogP contribution in [0.3, 0.4) is 0 Å². The molecule has 0 spiro atoms. The summed E-state index contributed by atoms with van der Waals surface area (Å²) < 4.78 is 0. The van der Waals surface area contributed by atoms with Gasteiger partial charge in [0.05, 0.1) is 11.3 Å². The Kier molecular flexibility index (Phi) is 4.91. The molecule has 1 N–H and O–H groups in total. The zero-order chi connectivity index (χ0) is 18.1. The van der Waals surface area contributed by atoms with Gasteiger partial charge in [-0.3, -0.25) is 10.1 Å². The second-order valence-corrected chi connectivity index (χ2v) is 8.50. The summed E-state index contributed by atoms with van der Waals surface area (Å²) in [5, 5.41) is 14.4. The highest BCUT2D eigenvalue weighted by molar-refractivity contribution is 8.00. The zero-order valence-electron chi connectivity index (χ0n) is 14.8. The van der Waals surface area contributed by atoms with Gasteiger partial charge in [-0.15, -0.1) is 10.2 Å². The Bertz CT molecular complexity index is 983. The predicted molar refractivity (Wildman–Crippen MR) is 107 cm³/mol. The lowest BCUT2D eigenvalue weighted by Gasteiger charge is -2.09. The number of nitrogens with one attached hydrogen (secondary N) is 1. The summed E-state index contributed by atoms with van der Waals surface area (Å²) in [6.07, 6.45) is 4.38. The van der Waals surface area contributed by atoms with E-state index in [0.717, 1.165) is 34.0 Å². The lowest BCUT2D eigenvalue weighted by molar-refractivity contribution is -0.113. The Morgan fingerprint density at radius 2 is 2.04 bits per heavy atom. The number of thioether (sulfide) groups is 1. The predicted octanol–water partition coefficient (Wildman–Crippen LogP) is 4.18. The Hall–Kier alpha value is -1.99. The van der Waals surface area contributed by atoms with Crippen molar-refractivity contribution in [2.45, 2.75) is 44.6 Å². The minimum Gasteiger partial charge on any atom is -0.300 e. The van der Waals surface area contributed by atoms with Crippen LogP contribution in [0.2, 0.25) is 0 Å². The molecule has 0 aliphatic heterocycles. The summed E-state index contributed by atoms with van der Waals surface area (Å²) in [4.78, 5) is 17.0. The summed E-state index contributed by atoms with van der Waals surface area (Å²) >= 11 is 2.89. The maximum absolute atomic E-state index is 12.2. The largest absolute Gasteiger partial charge is 0.300 e. The number of pyridine rings is 1. The van der Waals surface area contributed by atoms with E-state index in [1.807, 2.05) is 6.92 Å². The fourth-order valence-corrected chi connectivity index (χ4v) is 4.70. The number of hydrogen-bond donors (Lipinski definition) is 1. The third-order valence-electron chi connectivity index (χ3n) is 4.53. The maximum Gasteiger partial charge on any atom is 0.236 e. The fraction of sp³-hybridized carbons (Fsp3) is 0.368. The number of benzene rings is 1. The van der Waals surface area contributed by atoms with Gasteiger partial charge in [0, 0.05) is 5.39 Å². The topological polar surface area (TPSA) is 67.8 Å². The van der Waals surface area contributed by atoms with Crippen LogP contribution in [0.25, 0.3) is 10.9 Å². The van der Waals surface area contributed by atoms with Crippen molar-refractivity contribution < 1.29 is 4.79 Å². The van der Waals surface area contributed by atoms with Crippen molar-refractivity contribution in [2.75, 3.05) is 11.1 Å². The van der Waals surface area contributed by atoms with E-state index >= 15 is 0 Å². The quantitative estimate of drug-likeness (QED) is 0.669. The second kappa shape index (κ2) is 7.32. The number of aryl methyl sites for hydroxylation is 4. The summed E-state index contributed by atoms with van der Waals surface area (Å²) in [6.45, 7) is 4.07. The minimum atomic E-state index is -0.0796. The third-order valence-corrected chi connectivity index (χ3v) is 6.60. The monoisotopic (exact) mass is 384 g/mol. The van der Waals surface area contributed by atoms with Crippen molar-refractivity contribution >= 4 is 45.0 Å². The van der Waals surface area contributed by atoms with Gasteiger partial charge in [0.15, 0.2) is 0 Å². The molecule has 1 aromatic carbocycles. The van der Waals surface area contributed by atoms with Gasteiger partial charge in [-0.1, -0.05) is 30.0 Å². The van der Waals surface area contributed by atoms with Crippen molar-refractivity contribution in [3.8, 4) is 0 Å². The van der Waals surface area contributed by atoms with Crippen LogP contribution in [0.5, 0.6) is 0 Å². The molecule has 2 heterocycles. The lowest BCUT2D eigenvalue weighted by Crippen LogP contribution is -2.14. The Labute approximate surface area is 160 Å². The number of aromatic nitrogens is 3. The Balaban J connectivity index is 1.47. The number of carbonyl (C=O) groups excluding carboxylic acids is 1. The van der Waals surface area contributed by atoms with E-state index in [-0.39, 0.29) is 5.91 Å². The molecule has 0 saturated carbocycles. The molecule has 2 aromatic heterocycles. The molecular weight excluding hydrogens is 364 g/mol. The van der Waals surface area contributed by atoms with Gasteiger partial charge in [0.1, 0.15) is 10.0 Å². The summed E-state index contributed by atoms with van der Waals surface area (Å²) in [5.41, 5.74) is 5.01. The number of amides is 1. The normalized spacial score (nSPS) is 13.2. The fourth-order valence-electron chi connectivity index (χ4n) is 3.22. The number of anilines is 1. The number of fused-ring (bicyclic) bond motifs is 2. The first-order valence-electron chi connectivity index (χ1n) is 8.80. The van der Waals surface area contributed by atoms with Crippen LogP contribution in [0.1, 0.15) is 35.0 Å². The molecule has 0 radical (unpaired) electrons. The average Bonchev–Trinajstić information content (AvgIpc) is 3.26. The van der Waals surface area contributed by atoms with Crippen LogP contribution in [0.4, 0.5) is 5.13 Å². The first kappa shape index (κ1) is 17.4. The first-order chi connectivity index (χ1) is 12.6. The van der Waals surface area contributed by atoms with Crippen LogP contribution in [-0.4, -0.2) is 26.8 Å². The molecule has 0 bridgehead atoms. The number of rotatable bonds is 5. The molecule has 1 aliphatic carbocycles. The van der Waals surface area contributed by atoms with E-state index in [0.29, 0.717) is 10.9 Å².